The Balaban J connectivity index is 1.75. The summed E-state index contributed by atoms with van der Waals surface area (Å²) in [6.07, 6.45) is -0.899. The summed E-state index contributed by atoms with van der Waals surface area (Å²) in [5.74, 6) is -3.81. The normalized spacial score (nSPS) is 27.9. The molecule has 1 aromatic rings. The van der Waals surface area contributed by atoms with E-state index in [4.69, 9.17) is 5.73 Å². The Morgan fingerprint density at radius 2 is 1.79 bits per heavy atom. The number of phenolic OH excluding ortho intramolecular Hbond substituents is 1. The molecule has 4 amide bonds. The Kier molecular flexibility index (Phi) is 10.2. The quantitative estimate of drug-likeness (QED) is 0.196. The van der Waals surface area contributed by atoms with Gasteiger partial charge in [0.05, 0.1) is 12.1 Å². The van der Waals surface area contributed by atoms with Gasteiger partial charge in [-0.3, -0.25) is 19.2 Å². The van der Waals surface area contributed by atoms with Crippen molar-refractivity contribution in [2.24, 2.45) is 5.73 Å². The van der Waals surface area contributed by atoms with Crippen LogP contribution in [0.5, 0.6) is 5.75 Å². The molecule has 2 aliphatic heterocycles. The molecule has 0 bridgehead atoms. The minimum absolute atomic E-state index is 0.0282. The molecule has 6 atom stereocenters. The lowest BCUT2D eigenvalue weighted by atomic mass is 10.1. The molecule has 2 heterocycles. The van der Waals surface area contributed by atoms with Gasteiger partial charge in [0.2, 0.25) is 23.6 Å². The molecule has 0 spiro atoms. The fourth-order valence-corrected chi connectivity index (χ4v) is 6.36. The van der Waals surface area contributed by atoms with E-state index < -0.39 is 65.9 Å². The molecule has 13 nitrogen and oxygen atoms in total. The third kappa shape index (κ3) is 7.75. The van der Waals surface area contributed by atoms with E-state index >= 15 is 0 Å². The van der Waals surface area contributed by atoms with Crippen molar-refractivity contribution in [3.8, 4) is 5.75 Å². The molecule has 2 aliphatic rings. The molecule has 2 fully saturated rings. The lowest BCUT2D eigenvalue weighted by Gasteiger charge is -2.29. The molecule has 0 aromatic heterocycles. The number of amides is 4. The van der Waals surface area contributed by atoms with Crippen molar-refractivity contribution in [1.29, 1.82) is 0 Å². The van der Waals surface area contributed by atoms with E-state index in [9.17, 15) is 39.3 Å². The molecule has 2 saturated heterocycles. The van der Waals surface area contributed by atoms with Crippen molar-refractivity contribution < 1.29 is 39.3 Å². The number of rotatable bonds is 5. The van der Waals surface area contributed by atoms with Crippen LogP contribution in [0.2, 0.25) is 0 Å². The number of nitrogens with zero attached hydrogens (tertiary/aromatic N) is 1. The van der Waals surface area contributed by atoms with Gasteiger partial charge in [-0.05, 0) is 31.0 Å². The summed E-state index contributed by atoms with van der Waals surface area (Å²) in [7, 11) is 2.21. The number of aromatic hydroxyl groups is 1. The number of carboxylic acid groups (broad SMARTS) is 1. The number of benzene rings is 1. The number of phenols is 1. The monoisotopic (exact) mass is 569 g/mol. The van der Waals surface area contributed by atoms with Crippen LogP contribution in [-0.2, 0) is 30.4 Å². The molecule has 3 rings (SSSR count). The van der Waals surface area contributed by atoms with Crippen LogP contribution in [0.1, 0.15) is 18.9 Å². The van der Waals surface area contributed by atoms with E-state index in [0.717, 1.165) is 26.5 Å². The molecule has 0 unspecified atom stereocenters. The summed E-state index contributed by atoms with van der Waals surface area (Å²) in [5.41, 5.74) is 6.74. The second-order valence-electron chi connectivity index (χ2n) is 9.13. The maximum Gasteiger partial charge on any atom is 0.327 e. The van der Waals surface area contributed by atoms with E-state index in [1.165, 1.54) is 19.1 Å². The predicted octanol–water partition coefficient (Wildman–Crippen LogP) is -1.82. The Morgan fingerprint density at radius 3 is 2.45 bits per heavy atom. The van der Waals surface area contributed by atoms with Crippen LogP contribution >= 0.6 is 21.6 Å². The van der Waals surface area contributed by atoms with Crippen LogP contribution in [0, 0.1) is 0 Å². The van der Waals surface area contributed by atoms with E-state index in [2.05, 4.69) is 16.0 Å². The van der Waals surface area contributed by atoms with Gasteiger partial charge in [-0.2, -0.15) is 0 Å². The number of aliphatic carboxylic acids is 1. The maximum absolute atomic E-state index is 13.1. The SMILES string of the molecule is C[C@@H]1NC(=O)[C@@H](NC(=O)[C@@H](N)Cc2ccc(O)cc2)CSSC[C@@H](C(=O)O)NC(=O)[C@@H]2C[C@@H](O)CN2C1=O. The van der Waals surface area contributed by atoms with Crippen molar-refractivity contribution in [3.05, 3.63) is 29.8 Å². The minimum Gasteiger partial charge on any atom is -0.508 e. The minimum atomic E-state index is -1.27. The number of carboxylic acids is 1. The first-order valence-electron chi connectivity index (χ1n) is 11.9. The lowest BCUT2D eigenvalue weighted by Crippen LogP contribution is -2.58. The Labute approximate surface area is 226 Å². The molecule has 15 heteroatoms. The zero-order chi connectivity index (χ0) is 28.0. The lowest BCUT2D eigenvalue weighted by molar-refractivity contribution is -0.144. The van der Waals surface area contributed by atoms with E-state index in [-0.39, 0.29) is 36.6 Å². The van der Waals surface area contributed by atoms with Crippen molar-refractivity contribution >= 4 is 51.2 Å². The third-order valence-electron chi connectivity index (χ3n) is 6.12. The van der Waals surface area contributed by atoms with Crippen molar-refractivity contribution in [3.63, 3.8) is 0 Å². The van der Waals surface area contributed by atoms with Gasteiger partial charge in [0.25, 0.3) is 0 Å². The van der Waals surface area contributed by atoms with Gasteiger partial charge < -0.3 is 41.9 Å². The summed E-state index contributed by atoms with van der Waals surface area (Å²) in [4.78, 5) is 64.6. The van der Waals surface area contributed by atoms with Gasteiger partial charge >= 0.3 is 5.97 Å². The summed E-state index contributed by atoms with van der Waals surface area (Å²) < 4.78 is 0. The third-order valence-corrected chi connectivity index (χ3v) is 8.54. The predicted molar refractivity (Wildman–Crippen MR) is 140 cm³/mol. The van der Waals surface area contributed by atoms with Crippen LogP contribution in [0.4, 0.5) is 0 Å². The van der Waals surface area contributed by atoms with Crippen molar-refractivity contribution in [2.75, 3.05) is 18.1 Å². The summed E-state index contributed by atoms with van der Waals surface area (Å²) in [5, 5.41) is 36.6. The first-order valence-corrected chi connectivity index (χ1v) is 14.4. The molecule has 0 aliphatic carbocycles. The standard InChI is InChI=1S/C23H31N5O8S2/c1-11-22(34)28-8-14(30)7-18(28)21(33)27-17(23(35)36)10-38-37-9-16(20(32)25-11)26-19(31)15(24)6-12-2-4-13(29)5-3-12/h2-5,11,14-18,29-30H,6-10,24H2,1H3,(H,25,32)(H,26,31)(H,27,33)(H,35,36)/t11-,14+,15-,16-,17-,18-/m0/s1. The highest BCUT2D eigenvalue weighted by molar-refractivity contribution is 8.76. The first kappa shape index (κ1) is 29.5. The van der Waals surface area contributed by atoms with E-state index in [0.29, 0.717) is 5.56 Å². The molecule has 38 heavy (non-hydrogen) atoms. The van der Waals surface area contributed by atoms with Gasteiger partial charge in [-0.25, -0.2) is 4.79 Å². The summed E-state index contributed by atoms with van der Waals surface area (Å²) >= 11 is 0. The number of nitrogens with two attached hydrogens (primary N) is 1. The highest BCUT2D eigenvalue weighted by Crippen LogP contribution is 2.25. The summed E-state index contributed by atoms with van der Waals surface area (Å²) in [6, 6.07) is 0.625. The fourth-order valence-electron chi connectivity index (χ4n) is 4.05. The average Bonchev–Trinajstić information content (AvgIpc) is 3.26. The number of aliphatic hydroxyl groups is 1. The topological polar surface area (TPSA) is 211 Å². The Bertz CT molecular complexity index is 1060. The van der Waals surface area contributed by atoms with Crippen molar-refractivity contribution in [1.82, 2.24) is 20.9 Å². The number of nitrogens with one attached hydrogen (secondary N) is 3. The second kappa shape index (κ2) is 13.2. The van der Waals surface area contributed by atoms with Gasteiger partial charge in [0, 0.05) is 24.5 Å². The molecule has 0 saturated carbocycles. The van der Waals surface area contributed by atoms with Crippen LogP contribution < -0.4 is 21.7 Å². The molecular weight excluding hydrogens is 538 g/mol. The molecule has 1 aromatic carbocycles. The number of hydrogen-bond acceptors (Lipinski definition) is 10. The molecule has 208 valence electrons. The number of carbonyl (C=O) groups excluding carboxylic acids is 4. The smallest absolute Gasteiger partial charge is 0.327 e. The Morgan fingerprint density at radius 1 is 1.13 bits per heavy atom. The number of carbonyl (C=O) groups is 5. The molecule has 8 N–H and O–H groups in total. The highest BCUT2D eigenvalue weighted by Gasteiger charge is 2.42. The number of hydrogen-bond donors (Lipinski definition) is 7. The largest absolute Gasteiger partial charge is 0.508 e. The van der Waals surface area contributed by atoms with Crippen LogP contribution in [0.25, 0.3) is 0 Å². The van der Waals surface area contributed by atoms with Gasteiger partial charge in [0.1, 0.15) is 29.9 Å². The Hall–Kier alpha value is -3.01. The van der Waals surface area contributed by atoms with E-state index in [1.54, 1.807) is 12.1 Å². The van der Waals surface area contributed by atoms with Crippen LogP contribution in [-0.4, -0.2) is 104 Å². The number of aliphatic hydroxyl groups excluding tert-OH is 1. The average molecular weight is 570 g/mol. The highest BCUT2D eigenvalue weighted by atomic mass is 33.1. The second-order valence-corrected chi connectivity index (χ2v) is 11.7. The molecular formula is C23H31N5O8S2. The first-order chi connectivity index (χ1) is 18.0. The van der Waals surface area contributed by atoms with Crippen LogP contribution in [0.3, 0.4) is 0 Å². The van der Waals surface area contributed by atoms with Gasteiger partial charge in [-0.15, -0.1) is 0 Å². The van der Waals surface area contributed by atoms with Crippen molar-refractivity contribution in [2.45, 2.75) is 56.1 Å². The fraction of sp³-hybridized carbons (Fsp3) is 0.522. The van der Waals surface area contributed by atoms with Gasteiger partial charge in [-0.1, -0.05) is 33.7 Å². The zero-order valence-corrected chi connectivity index (χ0v) is 22.2. The van der Waals surface area contributed by atoms with Crippen LogP contribution in [0.15, 0.2) is 24.3 Å². The van der Waals surface area contributed by atoms with E-state index in [1.807, 2.05) is 0 Å². The maximum atomic E-state index is 13.1. The number of fused-ring (bicyclic) bond motifs is 1. The zero-order valence-electron chi connectivity index (χ0n) is 20.5. The van der Waals surface area contributed by atoms with Gasteiger partial charge in [0.15, 0.2) is 0 Å². The molecule has 0 radical (unpaired) electrons. The summed E-state index contributed by atoms with van der Waals surface area (Å²) in [6.45, 7) is 1.27.